The van der Waals surface area contributed by atoms with Crippen LogP contribution in [-0.4, -0.2) is 4.98 Å². The van der Waals surface area contributed by atoms with Crippen molar-refractivity contribution < 1.29 is 0 Å². The molecule has 0 fully saturated rings. The van der Waals surface area contributed by atoms with Gasteiger partial charge in [-0.15, -0.1) is 0 Å². The molecule has 0 saturated heterocycles. The third-order valence-electron chi connectivity index (χ3n) is 3.93. The molecule has 0 spiro atoms. The quantitative estimate of drug-likeness (QED) is 0.669. The minimum atomic E-state index is 0.875. The van der Waals surface area contributed by atoms with Gasteiger partial charge in [0.1, 0.15) is 0 Å². The maximum Gasteiger partial charge on any atom is 0.0435 e. The molecule has 0 amide bonds. The van der Waals surface area contributed by atoms with E-state index in [1.807, 2.05) is 6.20 Å². The Morgan fingerprint density at radius 2 is 2.07 bits per heavy atom. The molecule has 0 N–H and O–H groups in total. The summed E-state index contributed by atoms with van der Waals surface area (Å²) >= 11 is 0. The highest BCUT2D eigenvalue weighted by Crippen LogP contribution is 2.31. The van der Waals surface area contributed by atoms with E-state index in [0.717, 1.165) is 11.8 Å². The largest absolute Gasteiger partial charge is 0.261 e. The van der Waals surface area contributed by atoms with E-state index in [2.05, 4.69) is 31.0 Å². The van der Waals surface area contributed by atoms with Crippen LogP contribution in [0, 0.1) is 11.8 Å². The molecule has 82 valence electrons. The molecule has 1 heterocycles. The SMILES string of the molecule is CCC1CCc2ncccc2CC1CC. The lowest BCUT2D eigenvalue weighted by Crippen LogP contribution is -2.14. The molecule has 0 radical (unpaired) electrons. The molecule has 1 aliphatic carbocycles. The van der Waals surface area contributed by atoms with E-state index in [0.29, 0.717) is 0 Å². The number of rotatable bonds is 2. The second-order valence-electron chi connectivity index (χ2n) is 4.69. The van der Waals surface area contributed by atoms with Crippen LogP contribution < -0.4 is 0 Å². The van der Waals surface area contributed by atoms with E-state index in [1.54, 1.807) is 0 Å². The van der Waals surface area contributed by atoms with Gasteiger partial charge < -0.3 is 0 Å². The Labute approximate surface area is 92.9 Å². The molecule has 0 aromatic carbocycles. The molecule has 2 unspecified atom stereocenters. The minimum Gasteiger partial charge on any atom is -0.261 e. The first-order valence-electron chi connectivity index (χ1n) is 6.27. The van der Waals surface area contributed by atoms with Crippen molar-refractivity contribution in [3.8, 4) is 0 Å². The van der Waals surface area contributed by atoms with Crippen molar-refractivity contribution >= 4 is 0 Å². The summed E-state index contributed by atoms with van der Waals surface area (Å²) in [4.78, 5) is 4.52. The second-order valence-corrected chi connectivity index (χ2v) is 4.69. The summed E-state index contributed by atoms with van der Waals surface area (Å²) in [6, 6.07) is 4.35. The topological polar surface area (TPSA) is 12.9 Å². The zero-order chi connectivity index (χ0) is 10.7. The molecule has 1 aliphatic rings. The molecule has 2 rings (SSSR count). The Kier molecular flexibility index (Phi) is 3.40. The summed E-state index contributed by atoms with van der Waals surface area (Å²) in [5, 5.41) is 0. The molecule has 1 aromatic rings. The first-order valence-corrected chi connectivity index (χ1v) is 6.27. The fourth-order valence-electron chi connectivity index (χ4n) is 2.90. The lowest BCUT2D eigenvalue weighted by Gasteiger charge is -2.22. The van der Waals surface area contributed by atoms with Crippen molar-refractivity contribution in [2.45, 2.75) is 46.0 Å². The summed E-state index contributed by atoms with van der Waals surface area (Å²) < 4.78 is 0. The van der Waals surface area contributed by atoms with Crippen molar-refractivity contribution in [2.24, 2.45) is 11.8 Å². The van der Waals surface area contributed by atoms with Crippen LogP contribution in [0.4, 0.5) is 0 Å². The van der Waals surface area contributed by atoms with Crippen LogP contribution in [0.15, 0.2) is 18.3 Å². The molecule has 0 bridgehead atoms. The highest BCUT2D eigenvalue weighted by molar-refractivity contribution is 5.22. The summed E-state index contributed by atoms with van der Waals surface area (Å²) in [6.07, 6.45) is 8.34. The third kappa shape index (κ3) is 2.22. The molecule has 1 aromatic heterocycles. The van der Waals surface area contributed by atoms with Crippen LogP contribution in [0.1, 0.15) is 44.4 Å². The van der Waals surface area contributed by atoms with Crippen molar-refractivity contribution in [1.29, 1.82) is 0 Å². The zero-order valence-electron chi connectivity index (χ0n) is 9.87. The van der Waals surface area contributed by atoms with E-state index in [4.69, 9.17) is 0 Å². The Morgan fingerprint density at radius 1 is 1.27 bits per heavy atom. The zero-order valence-corrected chi connectivity index (χ0v) is 9.87. The van der Waals surface area contributed by atoms with Gasteiger partial charge in [-0.3, -0.25) is 4.98 Å². The highest BCUT2D eigenvalue weighted by Gasteiger charge is 2.23. The second kappa shape index (κ2) is 4.78. The molecule has 1 heteroatoms. The van der Waals surface area contributed by atoms with Crippen LogP contribution in [-0.2, 0) is 12.8 Å². The predicted molar refractivity (Wildman–Crippen MR) is 63.8 cm³/mol. The van der Waals surface area contributed by atoms with Gasteiger partial charge in [0.25, 0.3) is 0 Å². The molecule has 15 heavy (non-hydrogen) atoms. The van der Waals surface area contributed by atoms with Crippen LogP contribution in [0.2, 0.25) is 0 Å². The average Bonchev–Trinajstić information content (AvgIpc) is 2.47. The Morgan fingerprint density at radius 3 is 2.80 bits per heavy atom. The number of hydrogen-bond donors (Lipinski definition) is 0. The van der Waals surface area contributed by atoms with Crippen molar-refractivity contribution in [1.82, 2.24) is 4.98 Å². The van der Waals surface area contributed by atoms with Gasteiger partial charge in [-0.2, -0.15) is 0 Å². The van der Waals surface area contributed by atoms with Crippen molar-refractivity contribution in [3.63, 3.8) is 0 Å². The fraction of sp³-hybridized carbons (Fsp3) is 0.643. The van der Waals surface area contributed by atoms with Gasteiger partial charge in [0.2, 0.25) is 0 Å². The molecular weight excluding hydrogens is 182 g/mol. The maximum atomic E-state index is 4.52. The number of aromatic nitrogens is 1. The third-order valence-corrected chi connectivity index (χ3v) is 3.93. The fourth-order valence-corrected chi connectivity index (χ4v) is 2.90. The Hall–Kier alpha value is -0.850. The lowest BCUT2D eigenvalue weighted by atomic mass is 9.83. The average molecular weight is 203 g/mol. The van der Waals surface area contributed by atoms with Gasteiger partial charge in [0, 0.05) is 11.9 Å². The Bertz CT molecular complexity index is 319. The monoisotopic (exact) mass is 203 g/mol. The van der Waals surface area contributed by atoms with Gasteiger partial charge >= 0.3 is 0 Å². The first kappa shape index (κ1) is 10.7. The predicted octanol–water partition coefficient (Wildman–Crippen LogP) is 3.62. The summed E-state index contributed by atoms with van der Waals surface area (Å²) in [5.74, 6) is 1.78. The van der Waals surface area contributed by atoms with Gasteiger partial charge in [0.05, 0.1) is 0 Å². The summed E-state index contributed by atoms with van der Waals surface area (Å²) in [5.41, 5.74) is 2.85. The summed E-state index contributed by atoms with van der Waals surface area (Å²) in [7, 11) is 0. The van der Waals surface area contributed by atoms with Crippen molar-refractivity contribution in [3.05, 3.63) is 29.6 Å². The highest BCUT2D eigenvalue weighted by atomic mass is 14.7. The van der Waals surface area contributed by atoms with Gasteiger partial charge in [0.15, 0.2) is 0 Å². The number of hydrogen-bond acceptors (Lipinski definition) is 1. The van der Waals surface area contributed by atoms with E-state index < -0.39 is 0 Å². The first-order chi connectivity index (χ1) is 7.35. The van der Waals surface area contributed by atoms with Gasteiger partial charge in [-0.25, -0.2) is 0 Å². The van der Waals surface area contributed by atoms with Crippen LogP contribution in [0.25, 0.3) is 0 Å². The van der Waals surface area contributed by atoms with E-state index >= 15 is 0 Å². The number of nitrogens with zero attached hydrogens (tertiary/aromatic N) is 1. The maximum absolute atomic E-state index is 4.52. The smallest absolute Gasteiger partial charge is 0.0435 e. The normalized spacial score (nSPS) is 25.7. The molecule has 0 aliphatic heterocycles. The lowest BCUT2D eigenvalue weighted by molar-refractivity contribution is 0.302. The van der Waals surface area contributed by atoms with E-state index in [-0.39, 0.29) is 0 Å². The molecule has 2 atom stereocenters. The van der Waals surface area contributed by atoms with Crippen LogP contribution in [0.3, 0.4) is 0 Å². The summed E-state index contributed by atoms with van der Waals surface area (Å²) in [6.45, 7) is 4.66. The number of aryl methyl sites for hydroxylation is 1. The van der Waals surface area contributed by atoms with Crippen molar-refractivity contribution in [2.75, 3.05) is 0 Å². The number of fused-ring (bicyclic) bond motifs is 1. The minimum absolute atomic E-state index is 0.875. The van der Waals surface area contributed by atoms with Crippen LogP contribution >= 0.6 is 0 Å². The van der Waals surface area contributed by atoms with Gasteiger partial charge in [-0.1, -0.05) is 32.8 Å². The number of pyridine rings is 1. The Balaban J connectivity index is 2.23. The van der Waals surface area contributed by atoms with E-state index in [9.17, 15) is 0 Å². The van der Waals surface area contributed by atoms with Gasteiger partial charge in [-0.05, 0) is 42.7 Å². The van der Waals surface area contributed by atoms with Crippen LogP contribution in [0.5, 0.6) is 0 Å². The van der Waals surface area contributed by atoms with E-state index in [1.165, 1.54) is 43.4 Å². The standard InChI is InChI=1S/C14H21N/c1-3-11-7-8-14-13(6-5-9-15-14)10-12(11)4-2/h5-6,9,11-12H,3-4,7-8,10H2,1-2H3. The molecule has 0 saturated carbocycles. The molecule has 1 nitrogen and oxygen atoms in total. The molecular formula is C14H21N.